The van der Waals surface area contributed by atoms with Crippen molar-refractivity contribution in [1.82, 2.24) is 29.7 Å². The molecule has 0 bridgehead atoms. The zero-order valence-electron chi connectivity index (χ0n) is 15.6. The number of hydrogen-bond donors (Lipinski definition) is 1. The van der Waals surface area contributed by atoms with Crippen LogP contribution in [0.4, 0.5) is 0 Å². The van der Waals surface area contributed by atoms with E-state index in [1.54, 1.807) is 0 Å². The summed E-state index contributed by atoms with van der Waals surface area (Å²) in [5, 5.41) is 16.5. The summed E-state index contributed by atoms with van der Waals surface area (Å²) in [6.07, 6.45) is 3.40. The summed E-state index contributed by atoms with van der Waals surface area (Å²) in [5.74, 6) is 1.39. The minimum atomic E-state index is -2.92. The van der Waals surface area contributed by atoms with Crippen molar-refractivity contribution in [3.8, 4) is 0 Å². The molecule has 4 rings (SSSR count). The summed E-state index contributed by atoms with van der Waals surface area (Å²) < 4.78 is 27.4. The molecule has 1 aliphatic heterocycles. The van der Waals surface area contributed by atoms with E-state index in [0.29, 0.717) is 13.0 Å². The lowest BCUT2D eigenvalue weighted by atomic mass is 10.2. The third kappa shape index (κ3) is 3.61. The molecule has 0 radical (unpaired) electrons. The van der Waals surface area contributed by atoms with E-state index in [0.717, 1.165) is 41.4 Å². The lowest BCUT2D eigenvalue weighted by Gasteiger charge is -2.11. The topological polar surface area (TPSA) is 94.2 Å². The highest BCUT2D eigenvalue weighted by molar-refractivity contribution is 7.91. The number of aromatic nitrogens is 5. The molecule has 1 N–H and O–H groups in total. The molecule has 3 aromatic rings. The van der Waals surface area contributed by atoms with Gasteiger partial charge in [-0.05, 0) is 32.4 Å². The molecule has 1 aliphatic rings. The first-order valence-electron chi connectivity index (χ1n) is 9.19. The van der Waals surface area contributed by atoms with Crippen LogP contribution in [-0.4, -0.2) is 50.8 Å². The molecular formula is C18H24N6O2S. The van der Waals surface area contributed by atoms with Crippen LogP contribution in [0.1, 0.15) is 35.2 Å². The van der Waals surface area contributed by atoms with E-state index in [1.165, 1.54) is 0 Å². The van der Waals surface area contributed by atoms with Crippen LogP contribution in [-0.2, 0) is 22.8 Å². The van der Waals surface area contributed by atoms with Gasteiger partial charge in [-0.1, -0.05) is 6.07 Å². The van der Waals surface area contributed by atoms with Gasteiger partial charge in [-0.3, -0.25) is 9.08 Å². The van der Waals surface area contributed by atoms with Gasteiger partial charge in [0.1, 0.15) is 5.82 Å². The average Bonchev–Trinajstić information content (AvgIpc) is 3.29. The van der Waals surface area contributed by atoms with Crippen LogP contribution in [0.25, 0.3) is 5.65 Å². The lowest BCUT2D eigenvalue weighted by molar-refractivity contribution is 0.485. The van der Waals surface area contributed by atoms with Crippen molar-refractivity contribution < 1.29 is 8.42 Å². The van der Waals surface area contributed by atoms with Crippen LogP contribution >= 0.6 is 0 Å². The highest BCUT2D eigenvalue weighted by Gasteiger charge is 2.31. The molecule has 144 valence electrons. The van der Waals surface area contributed by atoms with Crippen molar-refractivity contribution >= 4 is 15.5 Å². The van der Waals surface area contributed by atoms with Crippen LogP contribution in [0.2, 0.25) is 0 Å². The van der Waals surface area contributed by atoms with E-state index in [9.17, 15) is 8.42 Å². The summed E-state index contributed by atoms with van der Waals surface area (Å²) in [7, 11) is -2.92. The molecular weight excluding hydrogens is 364 g/mol. The Balaban J connectivity index is 1.39. The molecule has 0 amide bonds. The number of pyridine rings is 1. The van der Waals surface area contributed by atoms with Gasteiger partial charge in [0, 0.05) is 37.0 Å². The Hall–Kier alpha value is -2.26. The second-order valence-electron chi connectivity index (χ2n) is 7.12. The van der Waals surface area contributed by atoms with E-state index in [1.807, 2.05) is 47.3 Å². The Morgan fingerprint density at radius 3 is 2.89 bits per heavy atom. The molecule has 0 aliphatic carbocycles. The zero-order chi connectivity index (χ0) is 19.0. The summed E-state index contributed by atoms with van der Waals surface area (Å²) in [6.45, 7) is 5.48. The molecule has 3 aromatic heterocycles. The quantitative estimate of drug-likeness (QED) is 0.639. The first-order chi connectivity index (χ1) is 12.9. The fourth-order valence-corrected chi connectivity index (χ4v) is 5.44. The Labute approximate surface area is 158 Å². The maximum atomic E-state index is 11.8. The van der Waals surface area contributed by atoms with E-state index in [-0.39, 0.29) is 17.5 Å². The number of aryl methyl sites for hydroxylation is 1. The fraction of sp³-hybridized carbons (Fsp3) is 0.500. The first-order valence-corrected chi connectivity index (χ1v) is 11.0. The molecule has 1 fully saturated rings. The molecule has 0 spiro atoms. The fourth-order valence-electron chi connectivity index (χ4n) is 3.75. The van der Waals surface area contributed by atoms with Crippen LogP contribution in [0, 0.1) is 13.8 Å². The van der Waals surface area contributed by atoms with Crippen LogP contribution in [0.5, 0.6) is 0 Å². The standard InChI is InChI=1S/C18H24N6O2S/c1-13-16(14(2)24(22-13)15-7-10-27(25,26)12-15)11-19-8-6-18-21-20-17-5-3-4-9-23(17)18/h3-5,9,15,19H,6-8,10-12H2,1-2H3. The van der Waals surface area contributed by atoms with Crippen molar-refractivity contribution in [3.63, 3.8) is 0 Å². The molecule has 0 saturated carbocycles. The number of nitrogens with zero attached hydrogens (tertiary/aromatic N) is 5. The molecule has 8 nitrogen and oxygen atoms in total. The Kier molecular flexibility index (Phi) is 4.73. The van der Waals surface area contributed by atoms with Gasteiger partial charge in [-0.2, -0.15) is 5.10 Å². The number of sulfone groups is 1. The van der Waals surface area contributed by atoms with Crippen molar-refractivity contribution in [3.05, 3.63) is 47.2 Å². The molecule has 9 heteroatoms. The van der Waals surface area contributed by atoms with Crippen molar-refractivity contribution in [2.45, 2.75) is 39.3 Å². The largest absolute Gasteiger partial charge is 0.312 e. The second-order valence-corrected chi connectivity index (χ2v) is 9.35. The van der Waals surface area contributed by atoms with Gasteiger partial charge in [0.15, 0.2) is 15.5 Å². The molecule has 1 atom stereocenters. The van der Waals surface area contributed by atoms with Crippen LogP contribution < -0.4 is 5.32 Å². The van der Waals surface area contributed by atoms with E-state index in [2.05, 4.69) is 20.6 Å². The molecule has 4 heterocycles. The van der Waals surface area contributed by atoms with Crippen molar-refractivity contribution in [2.24, 2.45) is 0 Å². The summed E-state index contributed by atoms with van der Waals surface area (Å²) in [6, 6.07) is 5.82. The average molecular weight is 388 g/mol. The Morgan fingerprint density at radius 2 is 2.11 bits per heavy atom. The third-order valence-electron chi connectivity index (χ3n) is 5.24. The number of hydrogen-bond acceptors (Lipinski definition) is 6. The lowest BCUT2D eigenvalue weighted by Crippen LogP contribution is -2.19. The monoisotopic (exact) mass is 388 g/mol. The number of rotatable bonds is 6. The maximum Gasteiger partial charge on any atom is 0.160 e. The van der Waals surface area contributed by atoms with Gasteiger partial charge < -0.3 is 5.32 Å². The maximum absolute atomic E-state index is 11.8. The number of fused-ring (bicyclic) bond motifs is 1. The summed E-state index contributed by atoms with van der Waals surface area (Å²) in [4.78, 5) is 0. The van der Waals surface area contributed by atoms with Crippen molar-refractivity contribution in [1.29, 1.82) is 0 Å². The van der Waals surface area contributed by atoms with Crippen molar-refractivity contribution in [2.75, 3.05) is 18.1 Å². The second kappa shape index (κ2) is 7.05. The van der Waals surface area contributed by atoms with Gasteiger partial charge in [0.25, 0.3) is 0 Å². The summed E-state index contributed by atoms with van der Waals surface area (Å²) in [5.41, 5.74) is 4.00. The molecule has 0 aromatic carbocycles. The highest BCUT2D eigenvalue weighted by Crippen LogP contribution is 2.26. The smallest absolute Gasteiger partial charge is 0.160 e. The van der Waals surface area contributed by atoms with Crippen LogP contribution in [0.3, 0.4) is 0 Å². The van der Waals surface area contributed by atoms with Gasteiger partial charge in [-0.25, -0.2) is 8.42 Å². The van der Waals surface area contributed by atoms with E-state index in [4.69, 9.17) is 0 Å². The highest BCUT2D eigenvalue weighted by atomic mass is 32.2. The zero-order valence-corrected chi connectivity index (χ0v) is 16.4. The van der Waals surface area contributed by atoms with Gasteiger partial charge in [-0.15, -0.1) is 10.2 Å². The summed E-state index contributed by atoms with van der Waals surface area (Å²) >= 11 is 0. The molecule has 27 heavy (non-hydrogen) atoms. The van der Waals surface area contributed by atoms with Gasteiger partial charge >= 0.3 is 0 Å². The Morgan fingerprint density at radius 1 is 1.26 bits per heavy atom. The van der Waals surface area contributed by atoms with Gasteiger partial charge in [0.2, 0.25) is 0 Å². The van der Waals surface area contributed by atoms with Gasteiger partial charge in [0.05, 0.1) is 23.2 Å². The Bertz CT molecular complexity index is 1070. The van der Waals surface area contributed by atoms with E-state index >= 15 is 0 Å². The van der Waals surface area contributed by atoms with E-state index < -0.39 is 9.84 Å². The number of nitrogens with one attached hydrogen (secondary N) is 1. The predicted molar refractivity (Wildman–Crippen MR) is 102 cm³/mol. The minimum absolute atomic E-state index is 0.0372. The molecule has 1 saturated heterocycles. The predicted octanol–water partition coefficient (Wildman–Crippen LogP) is 1.23. The van der Waals surface area contributed by atoms with Crippen LogP contribution in [0.15, 0.2) is 24.4 Å². The molecule has 1 unspecified atom stereocenters. The minimum Gasteiger partial charge on any atom is -0.312 e. The normalized spacial score (nSPS) is 19.1. The third-order valence-corrected chi connectivity index (χ3v) is 6.99. The SMILES string of the molecule is Cc1nn(C2CCS(=O)(=O)C2)c(C)c1CNCCc1nnc2ccccn12. The first kappa shape index (κ1) is 18.1.